The molecule has 0 saturated heterocycles. The Hall–Kier alpha value is -3.21. The number of rotatable bonds is 6. The summed E-state index contributed by atoms with van der Waals surface area (Å²) >= 11 is 0. The number of hydrogen-bond acceptors (Lipinski definition) is 3. The van der Waals surface area contributed by atoms with Gasteiger partial charge in [-0.1, -0.05) is 48.5 Å². The van der Waals surface area contributed by atoms with Crippen LogP contribution in [0.4, 0.5) is 5.69 Å². The van der Waals surface area contributed by atoms with Crippen LogP contribution in [0.3, 0.4) is 0 Å². The summed E-state index contributed by atoms with van der Waals surface area (Å²) in [6, 6.07) is 22.5. The maximum Gasteiger partial charge on any atom is 0.266 e. The van der Waals surface area contributed by atoms with Gasteiger partial charge in [0.25, 0.3) is 5.56 Å². The molecule has 0 fully saturated rings. The van der Waals surface area contributed by atoms with Crippen molar-refractivity contribution in [2.75, 3.05) is 11.9 Å². The third-order valence-corrected chi connectivity index (χ3v) is 4.21. The minimum atomic E-state index is -0.159. The van der Waals surface area contributed by atoms with Crippen molar-refractivity contribution in [1.29, 1.82) is 0 Å². The number of para-hydroxylation sites is 1. The van der Waals surface area contributed by atoms with E-state index in [2.05, 4.69) is 5.10 Å². The molecule has 5 heteroatoms. The van der Waals surface area contributed by atoms with Crippen molar-refractivity contribution in [3.8, 4) is 11.3 Å². The second-order valence-electron chi connectivity index (χ2n) is 6.04. The first-order valence-electron chi connectivity index (χ1n) is 8.60. The SMILES string of the molecule is CN(C(=O)CCCn1nc(-c2ccccc2)ccc1=O)c1ccccc1. The van der Waals surface area contributed by atoms with E-state index in [1.54, 1.807) is 18.0 Å². The van der Waals surface area contributed by atoms with Crippen molar-refractivity contribution in [2.45, 2.75) is 19.4 Å². The summed E-state index contributed by atoms with van der Waals surface area (Å²) in [5, 5.41) is 4.42. The Balaban J connectivity index is 1.63. The zero-order chi connectivity index (χ0) is 18.4. The predicted molar refractivity (Wildman–Crippen MR) is 103 cm³/mol. The van der Waals surface area contributed by atoms with Gasteiger partial charge in [0.15, 0.2) is 0 Å². The third-order valence-electron chi connectivity index (χ3n) is 4.21. The van der Waals surface area contributed by atoms with E-state index >= 15 is 0 Å². The van der Waals surface area contributed by atoms with Gasteiger partial charge in [-0.2, -0.15) is 5.10 Å². The van der Waals surface area contributed by atoms with Crippen molar-refractivity contribution < 1.29 is 4.79 Å². The highest BCUT2D eigenvalue weighted by atomic mass is 16.2. The molecule has 0 bridgehead atoms. The summed E-state index contributed by atoms with van der Waals surface area (Å²) in [7, 11) is 1.76. The number of aromatic nitrogens is 2. The standard InChI is InChI=1S/C21H21N3O2/c1-23(18-11-6-3-7-12-18)20(25)13-8-16-24-21(26)15-14-19(22-24)17-9-4-2-5-10-17/h2-7,9-12,14-15H,8,13,16H2,1H3. The van der Waals surface area contributed by atoms with Crippen LogP contribution in [0.1, 0.15) is 12.8 Å². The molecular weight excluding hydrogens is 326 g/mol. The van der Waals surface area contributed by atoms with Gasteiger partial charge in [-0.05, 0) is 24.6 Å². The minimum absolute atomic E-state index is 0.0171. The van der Waals surface area contributed by atoms with Crippen molar-refractivity contribution in [1.82, 2.24) is 9.78 Å². The molecule has 0 aliphatic heterocycles. The topological polar surface area (TPSA) is 55.2 Å². The molecule has 0 radical (unpaired) electrons. The van der Waals surface area contributed by atoms with Gasteiger partial charge in [0, 0.05) is 37.3 Å². The predicted octanol–water partition coefficient (Wildman–Crippen LogP) is 3.35. The fraction of sp³-hybridized carbons (Fsp3) is 0.190. The molecule has 3 aromatic rings. The molecule has 0 atom stereocenters. The Morgan fingerprint density at radius 3 is 2.31 bits per heavy atom. The van der Waals surface area contributed by atoms with E-state index in [9.17, 15) is 9.59 Å². The molecule has 2 aromatic carbocycles. The number of anilines is 1. The highest BCUT2D eigenvalue weighted by Gasteiger charge is 2.11. The molecule has 5 nitrogen and oxygen atoms in total. The average Bonchev–Trinajstić information content (AvgIpc) is 2.70. The van der Waals surface area contributed by atoms with E-state index < -0.39 is 0 Å². The van der Waals surface area contributed by atoms with Gasteiger partial charge < -0.3 is 4.90 Å². The Bertz CT molecular complexity index is 921. The molecule has 0 unspecified atom stereocenters. The largest absolute Gasteiger partial charge is 0.316 e. The lowest BCUT2D eigenvalue weighted by Gasteiger charge is -2.17. The Labute approximate surface area is 152 Å². The third kappa shape index (κ3) is 4.25. The lowest BCUT2D eigenvalue weighted by atomic mass is 10.1. The summed E-state index contributed by atoms with van der Waals surface area (Å²) in [5.74, 6) is 0.0171. The first kappa shape index (κ1) is 17.6. The lowest BCUT2D eigenvalue weighted by molar-refractivity contribution is -0.118. The van der Waals surface area contributed by atoms with Crippen LogP contribution < -0.4 is 10.5 Å². The summed E-state index contributed by atoms with van der Waals surface area (Å²) in [6.07, 6.45) is 0.913. The van der Waals surface area contributed by atoms with Crippen LogP contribution in [0, 0.1) is 0 Å². The van der Waals surface area contributed by atoms with E-state index in [-0.39, 0.29) is 11.5 Å². The Kier molecular flexibility index (Phi) is 5.59. The molecule has 0 aliphatic carbocycles. The van der Waals surface area contributed by atoms with Gasteiger partial charge in [0.2, 0.25) is 5.91 Å². The molecule has 1 aromatic heterocycles. The zero-order valence-corrected chi connectivity index (χ0v) is 14.7. The Morgan fingerprint density at radius 1 is 0.962 bits per heavy atom. The minimum Gasteiger partial charge on any atom is -0.316 e. The summed E-state index contributed by atoms with van der Waals surface area (Å²) in [4.78, 5) is 26.0. The number of benzene rings is 2. The zero-order valence-electron chi connectivity index (χ0n) is 14.7. The molecule has 26 heavy (non-hydrogen) atoms. The number of hydrogen-bond donors (Lipinski definition) is 0. The van der Waals surface area contributed by atoms with Gasteiger partial charge in [-0.25, -0.2) is 4.68 Å². The van der Waals surface area contributed by atoms with Crippen LogP contribution in [-0.2, 0) is 11.3 Å². The van der Waals surface area contributed by atoms with E-state index in [0.29, 0.717) is 19.4 Å². The highest BCUT2D eigenvalue weighted by Crippen LogP contribution is 2.15. The van der Waals surface area contributed by atoms with Crippen molar-refractivity contribution in [3.63, 3.8) is 0 Å². The van der Waals surface area contributed by atoms with Crippen molar-refractivity contribution in [2.24, 2.45) is 0 Å². The monoisotopic (exact) mass is 347 g/mol. The normalized spacial score (nSPS) is 10.5. The first-order valence-corrected chi connectivity index (χ1v) is 8.60. The average molecular weight is 347 g/mol. The van der Waals surface area contributed by atoms with Crippen LogP contribution in [0.25, 0.3) is 11.3 Å². The quantitative estimate of drug-likeness (QED) is 0.687. The van der Waals surface area contributed by atoms with Crippen molar-refractivity contribution in [3.05, 3.63) is 83.2 Å². The fourth-order valence-corrected chi connectivity index (χ4v) is 2.72. The number of aryl methyl sites for hydroxylation is 1. The molecule has 3 rings (SSSR count). The van der Waals surface area contributed by atoms with Crippen LogP contribution >= 0.6 is 0 Å². The smallest absolute Gasteiger partial charge is 0.266 e. The molecule has 1 amide bonds. The molecule has 1 heterocycles. The van der Waals surface area contributed by atoms with E-state index in [1.807, 2.05) is 60.7 Å². The van der Waals surface area contributed by atoms with Crippen molar-refractivity contribution >= 4 is 11.6 Å². The molecule has 0 N–H and O–H groups in total. The van der Waals surface area contributed by atoms with Gasteiger partial charge in [-0.15, -0.1) is 0 Å². The van der Waals surface area contributed by atoms with Gasteiger partial charge >= 0.3 is 0 Å². The molecule has 0 saturated carbocycles. The molecule has 132 valence electrons. The summed E-state index contributed by atoms with van der Waals surface area (Å²) in [6.45, 7) is 0.411. The maximum absolute atomic E-state index is 12.3. The number of carbonyl (C=O) groups excluding carboxylic acids is 1. The van der Waals surface area contributed by atoms with Crippen LogP contribution in [0.15, 0.2) is 77.6 Å². The summed E-state index contributed by atoms with van der Waals surface area (Å²) in [5.41, 5.74) is 2.41. The van der Waals surface area contributed by atoms with Crippen LogP contribution in [0.2, 0.25) is 0 Å². The fourth-order valence-electron chi connectivity index (χ4n) is 2.72. The second kappa shape index (κ2) is 8.25. The van der Waals surface area contributed by atoms with Gasteiger partial charge in [-0.3, -0.25) is 9.59 Å². The van der Waals surface area contributed by atoms with Crippen LogP contribution in [-0.4, -0.2) is 22.7 Å². The number of amides is 1. The van der Waals surface area contributed by atoms with Gasteiger partial charge in [0.05, 0.1) is 5.69 Å². The van der Waals surface area contributed by atoms with E-state index in [1.165, 1.54) is 10.7 Å². The van der Waals surface area contributed by atoms with E-state index in [4.69, 9.17) is 0 Å². The van der Waals surface area contributed by atoms with E-state index in [0.717, 1.165) is 16.9 Å². The lowest BCUT2D eigenvalue weighted by Crippen LogP contribution is -2.27. The second-order valence-corrected chi connectivity index (χ2v) is 6.04. The Morgan fingerprint density at radius 2 is 1.62 bits per heavy atom. The molecule has 0 spiro atoms. The molecule has 0 aliphatic rings. The maximum atomic E-state index is 12.3. The number of nitrogens with zero attached hydrogens (tertiary/aromatic N) is 3. The van der Waals surface area contributed by atoms with Gasteiger partial charge in [0.1, 0.15) is 0 Å². The summed E-state index contributed by atoms with van der Waals surface area (Å²) < 4.78 is 1.43. The highest BCUT2D eigenvalue weighted by molar-refractivity contribution is 5.92. The first-order chi connectivity index (χ1) is 12.6. The van der Waals surface area contributed by atoms with Crippen LogP contribution in [0.5, 0.6) is 0 Å². The number of carbonyl (C=O) groups is 1. The molecular formula is C21H21N3O2.